The molecule has 21 heavy (non-hydrogen) atoms. The lowest BCUT2D eigenvalue weighted by atomic mass is 10.3. The predicted octanol–water partition coefficient (Wildman–Crippen LogP) is 3.04. The molecule has 0 radical (unpaired) electrons. The minimum atomic E-state index is -4.58. The van der Waals surface area contributed by atoms with E-state index in [2.05, 4.69) is 20.8 Å². The molecular weight excluding hydrogens is 309 g/mol. The number of H-pyrrole nitrogens is 1. The Morgan fingerprint density at radius 2 is 2.19 bits per heavy atom. The lowest BCUT2D eigenvalue weighted by molar-refractivity contribution is -0.136. The minimum Gasteiger partial charge on any atom is -0.449 e. The Morgan fingerprint density at radius 3 is 2.81 bits per heavy atom. The Kier molecular flexibility index (Phi) is 6.40. The lowest BCUT2D eigenvalue weighted by Crippen LogP contribution is -2.35. The van der Waals surface area contributed by atoms with E-state index in [1.165, 1.54) is 0 Å². The van der Waals surface area contributed by atoms with Crippen LogP contribution in [0.5, 0.6) is 0 Å². The van der Waals surface area contributed by atoms with Gasteiger partial charge in [-0.25, -0.2) is 4.79 Å². The van der Waals surface area contributed by atoms with Crippen LogP contribution in [-0.4, -0.2) is 28.0 Å². The summed E-state index contributed by atoms with van der Waals surface area (Å²) in [6.45, 7) is 2.22. The molecule has 0 fully saturated rings. The molecule has 0 unspecified atom stereocenters. The van der Waals surface area contributed by atoms with E-state index >= 15 is 0 Å². The standard InChI is InChI=1S/C11H15F3N4O2S/c1-2-3-4-5-20-10(19)17-9(21)16-8-7(6-15-18-8)11(12,13)14/h6H,2-5H2,1H3,(H3,15,16,17,18,19,21). The first-order valence-electron chi connectivity index (χ1n) is 6.20. The first kappa shape index (κ1) is 17.2. The molecule has 0 aliphatic rings. The number of aromatic amines is 1. The molecule has 1 heterocycles. The van der Waals surface area contributed by atoms with Gasteiger partial charge < -0.3 is 10.1 Å². The van der Waals surface area contributed by atoms with Crippen LogP contribution in [0.2, 0.25) is 0 Å². The van der Waals surface area contributed by atoms with Crippen molar-refractivity contribution in [1.29, 1.82) is 0 Å². The molecule has 3 N–H and O–H groups in total. The van der Waals surface area contributed by atoms with Gasteiger partial charge in [-0.2, -0.15) is 18.3 Å². The highest BCUT2D eigenvalue weighted by Crippen LogP contribution is 2.33. The Labute approximate surface area is 124 Å². The van der Waals surface area contributed by atoms with Crippen molar-refractivity contribution in [3.05, 3.63) is 11.8 Å². The molecule has 1 rings (SSSR count). The predicted molar refractivity (Wildman–Crippen MR) is 73.8 cm³/mol. The third kappa shape index (κ3) is 5.98. The van der Waals surface area contributed by atoms with E-state index in [0.717, 1.165) is 12.8 Å². The monoisotopic (exact) mass is 324 g/mol. The second-order valence-electron chi connectivity index (χ2n) is 4.08. The summed E-state index contributed by atoms with van der Waals surface area (Å²) in [5.41, 5.74) is -1.01. The summed E-state index contributed by atoms with van der Waals surface area (Å²) in [5, 5.41) is 9.41. The number of hydrogen-bond donors (Lipinski definition) is 3. The molecule has 0 saturated carbocycles. The first-order chi connectivity index (χ1) is 9.84. The summed E-state index contributed by atoms with van der Waals surface area (Å²) >= 11 is 4.72. The van der Waals surface area contributed by atoms with E-state index < -0.39 is 23.7 Å². The lowest BCUT2D eigenvalue weighted by Gasteiger charge is -2.11. The van der Waals surface area contributed by atoms with Gasteiger partial charge in [0.25, 0.3) is 0 Å². The van der Waals surface area contributed by atoms with E-state index in [4.69, 9.17) is 17.0 Å². The van der Waals surface area contributed by atoms with Crippen molar-refractivity contribution in [3.8, 4) is 0 Å². The van der Waals surface area contributed by atoms with Gasteiger partial charge in [-0.1, -0.05) is 19.8 Å². The molecule has 0 aromatic carbocycles. The van der Waals surface area contributed by atoms with Gasteiger partial charge >= 0.3 is 12.3 Å². The molecular formula is C11H15F3N4O2S. The number of carbonyl (C=O) groups excluding carboxylic acids is 1. The number of rotatable bonds is 5. The molecule has 1 aromatic heterocycles. The summed E-state index contributed by atoms with van der Waals surface area (Å²) < 4.78 is 42.5. The van der Waals surface area contributed by atoms with Gasteiger partial charge in [0.15, 0.2) is 5.11 Å². The average molecular weight is 324 g/mol. The van der Waals surface area contributed by atoms with Crippen molar-refractivity contribution in [3.63, 3.8) is 0 Å². The normalized spacial score (nSPS) is 11.0. The SMILES string of the molecule is CCCCCOC(=O)NC(=S)Nc1[nH]ncc1C(F)(F)F. The van der Waals surface area contributed by atoms with Gasteiger partial charge in [0.1, 0.15) is 11.4 Å². The molecule has 118 valence electrons. The zero-order chi connectivity index (χ0) is 15.9. The number of unbranched alkanes of at least 4 members (excludes halogenated alkanes) is 2. The number of carbonyl (C=O) groups is 1. The van der Waals surface area contributed by atoms with Gasteiger partial charge in [-0.05, 0) is 18.6 Å². The quantitative estimate of drug-likeness (QED) is 0.573. The molecule has 0 atom stereocenters. The van der Waals surface area contributed by atoms with Crippen LogP contribution in [0.4, 0.5) is 23.8 Å². The Morgan fingerprint density at radius 1 is 1.48 bits per heavy atom. The topological polar surface area (TPSA) is 79.0 Å². The smallest absolute Gasteiger partial charge is 0.421 e. The summed E-state index contributed by atoms with van der Waals surface area (Å²) in [6, 6.07) is 0. The number of nitrogens with zero attached hydrogens (tertiary/aromatic N) is 1. The van der Waals surface area contributed by atoms with Crippen molar-refractivity contribution >= 4 is 29.2 Å². The minimum absolute atomic E-state index is 0.222. The number of amides is 1. The summed E-state index contributed by atoms with van der Waals surface area (Å²) in [6.07, 6.45) is -2.18. The van der Waals surface area contributed by atoms with Crippen LogP contribution in [0.25, 0.3) is 0 Å². The Hall–Kier alpha value is -1.84. The summed E-state index contributed by atoms with van der Waals surface area (Å²) in [7, 11) is 0. The molecule has 0 aliphatic heterocycles. The third-order valence-electron chi connectivity index (χ3n) is 2.38. The fraction of sp³-hybridized carbons (Fsp3) is 0.545. The van der Waals surface area contributed by atoms with E-state index in [-0.39, 0.29) is 11.7 Å². The van der Waals surface area contributed by atoms with Crippen molar-refractivity contribution in [2.24, 2.45) is 0 Å². The first-order valence-corrected chi connectivity index (χ1v) is 6.60. The highest BCUT2D eigenvalue weighted by molar-refractivity contribution is 7.80. The Balaban J connectivity index is 2.44. The molecule has 0 saturated heterocycles. The highest BCUT2D eigenvalue weighted by atomic mass is 32.1. The second kappa shape index (κ2) is 7.81. The maximum atomic E-state index is 12.6. The van der Waals surface area contributed by atoms with Crippen LogP contribution >= 0.6 is 12.2 Å². The van der Waals surface area contributed by atoms with Crippen LogP contribution < -0.4 is 10.6 Å². The second-order valence-corrected chi connectivity index (χ2v) is 4.49. The number of thiocarbonyl (C=S) groups is 1. The number of anilines is 1. The molecule has 0 spiro atoms. The highest BCUT2D eigenvalue weighted by Gasteiger charge is 2.35. The molecule has 1 amide bonds. The number of ether oxygens (including phenoxy) is 1. The van der Waals surface area contributed by atoms with Gasteiger partial charge in [0.05, 0.1) is 12.8 Å². The van der Waals surface area contributed by atoms with Gasteiger partial charge in [0, 0.05) is 0 Å². The number of hydrogen-bond acceptors (Lipinski definition) is 4. The van der Waals surface area contributed by atoms with E-state index in [1.54, 1.807) is 0 Å². The van der Waals surface area contributed by atoms with Gasteiger partial charge in [0.2, 0.25) is 0 Å². The zero-order valence-electron chi connectivity index (χ0n) is 11.2. The van der Waals surface area contributed by atoms with Crippen LogP contribution in [0.1, 0.15) is 31.7 Å². The number of halogens is 3. The fourth-order valence-corrected chi connectivity index (χ4v) is 1.57. The third-order valence-corrected chi connectivity index (χ3v) is 2.58. The van der Waals surface area contributed by atoms with E-state index in [1.807, 2.05) is 6.92 Å². The fourth-order valence-electron chi connectivity index (χ4n) is 1.39. The number of alkyl halides is 3. The number of nitrogens with one attached hydrogen (secondary N) is 3. The van der Waals surface area contributed by atoms with Gasteiger partial charge in [-0.3, -0.25) is 10.4 Å². The maximum Gasteiger partial charge on any atom is 0.421 e. The van der Waals surface area contributed by atoms with Crippen LogP contribution in [0.3, 0.4) is 0 Å². The molecule has 10 heteroatoms. The van der Waals surface area contributed by atoms with Crippen LogP contribution in [0.15, 0.2) is 6.20 Å². The zero-order valence-corrected chi connectivity index (χ0v) is 12.0. The van der Waals surface area contributed by atoms with Gasteiger partial charge in [-0.15, -0.1) is 0 Å². The van der Waals surface area contributed by atoms with Crippen molar-refractivity contribution in [2.45, 2.75) is 32.4 Å². The number of alkyl carbamates (subject to hydrolysis) is 1. The van der Waals surface area contributed by atoms with Crippen molar-refractivity contribution in [1.82, 2.24) is 15.5 Å². The van der Waals surface area contributed by atoms with Crippen LogP contribution in [0, 0.1) is 0 Å². The number of aromatic nitrogens is 2. The molecule has 1 aromatic rings. The van der Waals surface area contributed by atoms with Crippen molar-refractivity contribution in [2.75, 3.05) is 11.9 Å². The summed E-state index contributed by atoms with van der Waals surface area (Å²) in [5.74, 6) is -0.446. The Bertz CT molecular complexity index is 490. The average Bonchev–Trinajstić information content (AvgIpc) is 2.82. The van der Waals surface area contributed by atoms with Crippen molar-refractivity contribution < 1.29 is 22.7 Å². The molecule has 6 nitrogen and oxygen atoms in total. The van der Waals surface area contributed by atoms with E-state index in [9.17, 15) is 18.0 Å². The molecule has 0 bridgehead atoms. The molecule has 0 aliphatic carbocycles. The van der Waals surface area contributed by atoms with E-state index in [0.29, 0.717) is 12.6 Å². The van der Waals surface area contributed by atoms with Crippen LogP contribution in [-0.2, 0) is 10.9 Å². The summed E-state index contributed by atoms with van der Waals surface area (Å²) in [4.78, 5) is 11.3. The maximum absolute atomic E-state index is 12.6. The largest absolute Gasteiger partial charge is 0.449 e.